The van der Waals surface area contributed by atoms with Crippen molar-refractivity contribution in [3.05, 3.63) is 41.3 Å². The second-order valence-corrected chi connectivity index (χ2v) is 11.2. The van der Waals surface area contributed by atoms with E-state index in [1.165, 1.54) is 15.6 Å². The van der Waals surface area contributed by atoms with Crippen molar-refractivity contribution in [1.82, 2.24) is 9.21 Å². The van der Waals surface area contributed by atoms with Gasteiger partial charge < -0.3 is 15.1 Å². The SMILES string of the molecule is CN1CCN(c2ccc(NC(=O)Cc3ccc(S(=O)(=O)N4CCCC4)s3)cc2)CC1. The van der Waals surface area contributed by atoms with Crippen LogP contribution >= 0.6 is 11.3 Å². The van der Waals surface area contributed by atoms with Crippen molar-refractivity contribution < 1.29 is 13.2 Å². The third-order valence-corrected chi connectivity index (χ3v) is 9.10. The van der Waals surface area contributed by atoms with E-state index in [4.69, 9.17) is 0 Å². The lowest BCUT2D eigenvalue weighted by Crippen LogP contribution is -2.44. The molecule has 1 aromatic heterocycles. The van der Waals surface area contributed by atoms with E-state index < -0.39 is 10.0 Å². The Kier molecular flexibility index (Phi) is 6.43. The summed E-state index contributed by atoms with van der Waals surface area (Å²) in [7, 11) is -1.29. The summed E-state index contributed by atoms with van der Waals surface area (Å²) < 4.78 is 27.1. The summed E-state index contributed by atoms with van der Waals surface area (Å²) in [5.41, 5.74) is 1.91. The third kappa shape index (κ3) is 4.85. The molecule has 0 saturated carbocycles. The van der Waals surface area contributed by atoms with Crippen LogP contribution in [-0.2, 0) is 21.2 Å². The van der Waals surface area contributed by atoms with E-state index in [-0.39, 0.29) is 12.3 Å². The standard InChI is InChI=1S/C21H28N4O3S2/c1-23-12-14-24(15-13-23)18-6-4-17(5-7-18)22-20(26)16-19-8-9-21(29-19)30(27,28)25-10-2-3-11-25/h4-9H,2-3,10-16H2,1H3,(H,22,26). The van der Waals surface area contributed by atoms with Gasteiger partial charge in [0.05, 0.1) is 6.42 Å². The van der Waals surface area contributed by atoms with E-state index >= 15 is 0 Å². The van der Waals surface area contributed by atoms with Gasteiger partial charge in [0.25, 0.3) is 10.0 Å². The minimum atomic E-state index is -3.42. The lowest BCUT2D eigenvalue weighted by atomic mass is 10.2. The Morgan fingerprint density at radius 2 is 1.63 bits per heavy atom. The average Bonchev–Trinajstić information content (AvgIpc) is 3.42. The predicted octanol–water partition coefficient (Wildman–Crippen LogP) is 2.47. The molecule has 2 aromatic rings. The first-order chi connectivity index (χ1) is 14.4. The number of sulfonamides is 1. The normalized spacial score (nSPS) is 18.6. The summed E-state index contributed by atoms with van der Waals surface area (Å²) in [5, 5.41) is 2.91. The second kappa shape index (κ2) is 9.05. The summed E-state index contributed by atoms with van der Waals surface area (Å²) in [4.78, 5) is 17.9. The Balaban J connectivity index is 1.33. The number of hydrogen-bond acceptors (Lipinski definition) is 6. The molecule has 2 aliphatic heterocycles. The van der Waals surface area contributed by atoms with E-state index in [9.17, 15) is 13.2 Å². The Hall–Kier alpha value is -1.94. The highest BCUT2D eigenvalue weighted by Crippen LogP contribution is 2.28. The molecule has 0 atom stereocenters. The number of benzene rings is 1. The van der Waals surface area contributed by atoms with Crippen molar-refractivity contribution >= 4 is 38.6 Å². The molecule has 30 heavy (non-hydrogen) atoms. The molecule has 0 spiro atoms. The summed E-state index contributed by atoms with van der Waals surface area (Å²) in [6.45, 7) is 5.27. The number of carbonyl (C=O) groups is 1. The number of hydrogen-bond donors (Lipinski definition) is 1. The molecule has 7 nitrogen and oxygen atoms in total. The first-order valence-electron chi connectivity index (χ1n) is 10.3. The van der Waals surface area contributed by atoms with Crippen LogP contribution < -0.4 is 10.2 Å². The minimum absolute atomic E-state index is 0.144. The molecule has 0 aliphatic carbocycles. The van der Waals surface area contributed by atoms with Crippen LogP contribution in [0.2, 0.25) is 0 Å². The van der Waals surface area contributed by atoms with E-state index in [0.29, 0.717) is 17.3 Å². The Morgan fingerprint density at radius 1 is 0.967 bits per heavy atom. The molecule has 1 amide bonds. The van der Waals surface area contributed by atoms with Crippen LogP contribution in [0.1, 0.15) is 17.7 Å². The molecule has 2 fully saturated rings. The highest BCUT2D eigenvalue weighted by molar-refractivity contribution is 7.91. The molecule has 0 bridgehead atoms. The van der Waals surface area contributed by atoms with Gasteiger partial charge in [0.15, 0.2) is 0 Å². The van der Waals surface area contributed by atoms with Gasteiger partial charge in [0.1, 0.15) is 4.21 Å². The maximum Gasteiger partial charge on any atom is 0.252 e. The molecule has 4 rings (SSSR count). The molecular formula is C21H28N4O3S2. The second-order valence-electron chi connectivity index (χ2n) is 7.89. The van der Waals surface area contributed by atoms with Gasteiger partial charge in [0.2, 0.25) is 5.91 Å². The van der Waals surface area contributed by atoms with E-state index in [2.05, 4.69) is 22.2 Å². The average molecular weight is 449 g/mol. The molecule has 1 N–H and O–H groups in total. The predicted molar refractivity (Wildman–Crippen MR) is 121 cm³/mol. The van der Waals surface area contributed by atoms with E-state index in [0.717, 1.165) is 55.3 Å². The van der Waals surface area contributed by atoms with Crippen molar-refractivity contribution in [2.24, 2.45) is 0 Å². The van der Waals surface area contributed by atoms with Crippen LogP contribution in [0.5, 0.6) is 0 Å². The van der Waals surface area contributed by atoms with Crippen molar-refractivity contribution in [3.63, 3.8) is 0 Å². The van der Waals surface area contributed by atoms with Gasteiger partial charge in [-0.2, -0.15) is 4.31 Å². The molecule has 3 heterocycles. The summed E-state index contributed by atoms with van der Waals surface area (Å²) in [6.07, 6.45) is 1.99. The monoisotopic (exact) mass is 448 g/mol. The summed E-state index contributed by atoms with van der Waals surface area (Å²) >= 11 is 1.19. The third-order valence-electron chi connectivity index (χ3n) is 5.65. The Bertz CT molecular complexity index is 974. The number of rotatable bonds is 6. The number of amides is 1. The highest BCUT2D eigenvalue weighted by atomic mass is 32.2. The number of thiophene rings is 1. The number of nitrogens with one attached hydrogen (secondary N) is 1. The van der Waals surface area contributed by atoms with Crippen LogP contribution in [-0.4, -0.2) is 69.8 Å². The number of carbonyl (C=O) groups excluding carboxylic acids is 1. The molecular weight excluding hydrogens is 420 g/mol. The first-order valence-corrected chi connectivity index (χ1v) is 12.6. The number of piperazine rings is 1. The van der Waals surface area contributed by atoms with Crippen molar-refractivity contribution in [2.75, 3.05) is 56.5 Å². The van der Waals surface area contributed by atoms with Gasteiger partial charge in [-0.15, -0.1) is 11.3 Å². The van der Waals surface area contributed by atoms with Gasteiger partial charge in [0, 0.05) is 55.5 Å². The molecule has 2 saturated heterocycles. The van der Waals surface area contributed by atoms with Crippen LogP contribution in [0.3, 0.4) is 0 Å². The number of likely N-dealkylation sites (N-methyl/N-ethyl adjacent to an activating group) is 1. The van der Waals surface area contributed by atoms with Crippen molar-refractivity contribution in [1.29, 1.82) is 0 Å². The topological polar surface area (TPSA) is 73.0 Å². The maximum atomic E-state index is 12.6. The fraction of sp³-hybridized carbons (Fsp3) is 0.476. The van der Waals surface area contributed by atoms with Crippen LogP contribution in [0.15, 0.2) is 40.6 Å². The zero-order chi connectivity index (χ0) is 21.1. The number of nitrogens with zero attached hydrogens (tertiary/aromatic N) is 3. The van der Waals surface area contributed by atoms with E-state index in [1.54, 1.807) is 12.1 Å². The maximum absolute atomic E-state index is 12.6. The van der Waals surface area contributed by atoms with Gasteiger partial charge in [-0.1, -0.05) is 0 Å². The van der Waals surface area contributed by atoms with Crippen molar-refractivity contribution in [3.8, 4) is 0 Å². The molecule has 0 unspecified atom stereocenters. The minimum Gasteiger partial charge on any atom is -0.369 e. The molecule has 2 aliphatic rings. The highest BCUT2D eigenvalue weighted by Gasteiger charge is 2.28. The van der Waals surface area contributed by atoms with Gasteiger partial charge >= 0.3 is 0 Å². The molecule has 162 valence electrons. The number of anilines is 2. The fourth-order valence-corrected chi connectivity index (χ4v) is 6.86. The zero-order valence-corrected chi connectivity index (χ0v) is 18.8. The fourth-order valence-electron chi connectivity index (χ4n) is 3.83. The summed E-state index contributed by atoms with van der Waals surface area (Å²) in [5.74, 6) is -0.144. The lowest BCUT2D eigenvalue weighted by Gasteiger charge is -2.34. The zero-order valence-electron chi connectivity index (χ0n) is 17.2. The Labute approximate surface area is 182 Å². The van der Waals surface area contributed by atoms with Crippen LogP contribution in [0.25, 0.3) is 0 Å². The van der Waals surface area contributed by atoms with Crippen LogP contribution in [0, 0.1) is 0 Å². The smallest absolute Gasteiger partial charge is 0.252 e. The Morgan fingerprint density at radius 3 is 2.30 bits per heavy atom. The molecule has 1 aromatic carbocycles. The molecule has 0 radical (unpaired) electrons. The van der Waals surface area contributed by atoms with Crippen LogP contribution in [0.4, 0.5) is 11.4 Å². The summed E-state index contributed by atoms with van der Waals surface area (Å²) in [6, 6.07) is 11.3. The van der Waals surface area contributed by atoms with E-state index in [1.807, 2.05) is 24.3 Å². The molecule has 9 heteroatoms. The quantitative estimate of drug-likeness (QED) is 0.735. The van der Waals surface area contributed by atoms with Gasteiger partial charge in [-0.25, -0.2) is 8.42 Å². The lowest BCUT2D eigenvalue weighted by molar-refractivity contribution is -0.115. The largest absolute Gasteiger partial charge is 0.369 e. The first kappa shape index (κ1) is 21.3. The van der Waals surface area contributed by atoms with Crippen molar-refractivity contribution in [2.45, 2.75) is 23.5 Å². The van der Waals surface area contributed by atoms with Gasteiger partial charge in [-0.3, -0.25) is 4.79 Å². The van der Waals surface area contributed by atoms with Gasteiger partial charge in [-0.05, 0) is 56.3 Å².